The first-order chi connectivity index (χ1) is 6.90. The lowest BCUT2D eigenvalue weighted by atomic mass is 9.93. The van der Waals surface area contributed by atoms with Crippen LogP contribution < -0.4 is 0 Å². The Morgan fingerprint density at radius 3 is 2.86 bits per heavy atom. The van der Waals surface area contributed by atoms with Gasteiger partial charge in [0.1, 0.15) is 6.29 Å². The van der Waals surface area contributed by atoms with Gasteiger partial charge in [-0.05, 0) is 42.9 Å². The zero-order valence-corrected chi connectivity index (χ0v) is 8.20. The second-order valence-electron chi connectivity index (χ2n) is 3.72. The Morgan fingerprint density at radius 2 is 2.14 bits per heavy atom. The van der Waals surface area contributed by atoms with Crippen LogP contribution in [0.1, 0.15) is 41.6 Å². The summed E-state index contributed by atoms with van der Waals surface area (Å²) in [4.78, 5) is 10.6. The Morgan fingerprint density at radius 1 is 1.21 bits per heavy atom. The lowest BCUT2D eigenvalue weighted by Crippen LogP contribution is -1.92. The molecule has 0 amide bonds. The van der Waals surface area contributed by atoms with E-state index in [0.717, 1.165) is 18.3 Å². The van der Waals surface area contributed by atoms with Gasteiger partial charge >= 0.3 is 0 Å². The summed E-state index contributed by atoms with van der Waals surface area (Å²) in [6, 6.07) is 7.86. The first-order valence-electron chi connectivity index (χ1n) is 5.15. The molecule has 0 N–H and O–H groups in total. The molecule has 0 unspecified atom stereocenters. The maximum Gasteiger partial charge on any atom is 0.150 e. The lowest BCUT2D eigenvalue weighted by Gasteiger charge is -2.12. The van der Waals surface area contributed by atoms with E-state index in [-0.39, 0.29) is 0 Å². The maximum atomic E-state index is 10.6. The van der Waals surface area contributed by atoms with Crippen LogP contribution in [0.25, 0.3) is 5.57 Å². The number of benzene rings is 1. The van der Waals surface area contributed by atoms with Gasteiger partial charge < -0.3 is 0 Å². The molecular formula is C13H14O. The molecule has 0 saturated heterocycles. The van der Waals surface area contributed by atoms with Crippen LogP contribution in [0.3, 0.4) is 0 Å². The number of aldehydes is 1. The van der Waals surface area contributed by atoms with Crippen LogP contribution in [0.2, 0.25) is 0 Å². The predicted molar refractivity (Wildman–Crippen MR) is 58.3 cm³/mol. The summed E-state index contributed by atoms with van der Waals surface area (Å²) >= 11 is 0. The smallest absolute Gasteiger partial charge is 0.150 e. The highest BCUT2D eigenvalue weighted by Crippen LogP contribution is 2.26. The number of carbonyl (C=O) groups is 1. The van der Waals surface area contributed by atoms with E-state index in [1.165, 1.54) is 30.4 Å². The molecule has 0 bridgehead atoms. The Bertz CT molecular complexity index is 363. The fourth-order valence-corrected chi connectivity index (χ4v) is 1.91. The van der Waals surface area contributed by atoms with E-state index in [2.05, 4.69) is 12.1 Å². The normalized spacial score (nSPS) is 16.1. The van der Waals surface area contributed by atoms with E-state index < -0.39 is 0 Å². The van der Waals surface area contributed by atoms with Crippen molar-refractivity contribution in [3.05, 3.63) is 41.5 Å². The second-order valence-corrected chi connectivity index (χ2v) is 3.72. The molecule has 0 spiro atoms. The van der Waals surface area contributed by atoms with Crippen molar-refractivity contribution in [2.24, 2.45) is 0 Å². The van der Waals surface area contributed by atoms with Gasteiger partial charge in [-0.25, -0.2) is 0 Å². The standard InChI is InChI=1S/C13H14O/c14-10-11-5-4-8-13(9-11)12-6-2-1-3-7-12/h4-6,8-10H,1-3,7H2. The minimum Gasteiger partial charge on any atom is -0.298 e. The Hall–Kier alpha value is -1.37. The van der Waals surface area contributed by atoms with E-state index >= 15 is 0 Å². The van der Waals surface area contributed by atoms with Crippen LogP contribution in [0, 0.1) is 0 Å². The SMILES string of the molecule is O=Cc1cccc(C2=CCCCC2)c1. The molecule has 0 aromatic heterocycles. The van der Waals surface area contributed by atoms with Crippen molar-refractivity contribution in [3.63, 3.8) is 0 Å². The average molecular weight is 186 g/mol. The molecule has 1 heteroatoms. The first-order valence-corrected chi connectivity index (χ1v) is 5.15. The fraction of sp³-hybridized carbons (Fsp3) is 0.308. The van der Waals surface area contributed by atoms with Crippen LogP contribution in [0.15, 0.2) is 30.3 Å². The number of rotatable bonds is 2. The van der Waals surface area contributed by atoms with Crippen LogP contribution >= 0.6 is 0 Å². The van der Waals surface area contributed by atoms with E-state index in [1.54, 1.807) is 0 Å². The second kappa shape index (κ2) is 4.23. The van der Waals surface area contributed by atoms with Gasteiger partial charge in [-0.1, -0.05) is 24.3 Å². The van der Waals surface area contributed by atoms with Gasteiger partial charge in [0.25, 0.3) is 0 Å². The van der Waals surface area contributed by atoms with Crippen LogP contribution in [-0.2, 0) is 0 Å². The van der Waals surface area contributed by atoms with E-state index in [4.69, 9.17) is 0 Å². The lowest BCUT2D eigenvalue weighted by molar-refractivity contribution is 0.112. The highest BCUT2D eigenvalue weighted by Gasteiger charge is 2.05. The molecule has 14 heavy (non-hydrogen) atoms. The van der Waals surface area contributed by atoms with Gasteiger partial charge in [-0.15, -0.1) is 0 Å². The van der Waals surface area contributed by atoms with Crippen LogP contribution in [0.4, 0.5) is 0 Å². The van der Waals surface area contributed by atoms with E-state index in [1.807, 2.05) is 18.2 Å². The molecule has 0 heterocycles. The Labute approximate surface area is 84.5 Å². The summed E-state index contributed by atoms with van der Waals surface area (Å²) < 4.78 is 0. The van der Waals surface area contributed by atoms with Crippen LogP contribution in [0.5, 0.6) is 0 Å². The minimum absolute atomic E-state index is 0.772. The van der Waals surface area contributed by atoms with Crippen molar-refractivity contribution in [2.75, 3.05) is 0 Å². The quantitative estimate of drug-likeness (QED) is 0.646. The van der Waals surface area contributed by atoms with E-state index in [9.17, 15) is 4.79 Å². The molecule has 0 radical (unpaired) electrons. The van der Waals surface area contributed by atoms with Gasteiger partial charge in [0.2, 0.25) is 0 Å². The monoisotopic (exact) mass is 186 g/mol. The molecule has 0 fully saturated rings. The molecule has 0 atom stereocenters. The molecule has 2 rings (SSSR count). The van der Waals surface area contributed by atoms with Crippen molar-refractivity contribution >= 4 is 11.9 Å². The highest BCUT2D eigenvalue weighted by molar-refractivity contribution is 5.78. The topological polar surface area (TPSA) is 17.1 Å². The largest absolute Gasteiger partial charge is 0.298 e. The average Bonchev–Trinajstić information content (AvgIpc) is 2.30. The molecule has 1 aromatic carbocycles. The Kier molecular flexibility index (Phi) is 2.78. The summed E-state index contributed by atoms with van der Waals surface area (Å²) in [7, 11) is 0. The molecule has 1 nitrogen and oxygen atoms in total. The summed E-state index contributed by atoms with van der Waals surface area (Å²) in [6.45, 7) is 0. The zero-order valence-electron chi connectivity index (χ0n) is 8.20. The van der Waals surface area contributed by atoms with Crippen molar-refractivity contribution in [2.45, 2.75) is 25.7 Å². The molecule has 72 valence electrons. The number of hydrogen-bond donors (Lipinski definition) is 0. The van der Waals surface area contributed by atoms with Gasteiger partial charge in [0, 0.05) is 5.56 Å². The third kappa shape index (κ3) is 1.92. The number of carbonyl (C=O) groups excluding carboxylic acids is 1. The summed E-state index contributed by atoms with van der Waals surface area (Å²) in [5.41, 5.74) is 3.39. The summed E-state index contributed by atoms with van der Waals surface area (Å²) in [6.07, 6.45) is 8.12. The molecule has 1 aliphatic rings. The zero-order chi connectivity index (χ0) is 9.80. The molecule has 0 aliphatic heterocycles. The van der Waals surface area contributed by atoms with Gasteiger partial charge in [0.05, 0.1) is 0 Å². The van der Waals surface area contributed by atoms with E-state index in [0.29, 0.717) is 0 Å². The molecular weight excluding hydrogens is 172 g/mol. The third-order valence-electron chi connectivity index (χ3n) is 2.68. The van der Waals surface area contributed by atoms with Gasteiger partial charge in [-0.2, -0.15) is 0 Å². The third-order valence-corrected chi connectivity index (χ3v) is 2.68. The van der Waals surface area contributed by atoms with Gasteiger partial charge in [-0.3, -0.25) is 4.79 Å². The molecule has 0 saturated carbocycles. The van der Waals surface area contributed by atoms with Crippen molar-refractivity contribution < 1.29 is 4.79 Å². The summed E-state index contributed by atoms with van der Waals surface area (Å²) in [5.74, 6) is 0. The van der Waals surface area contributed by atoms with Gasteiger partial charge in [0.15, 0.2) is 0 Å². The minimum atomic E-state index is 0.772. The van der Waals surface area contributed by atoms with Crippen LogP contribution in [-0.4, -0.2) is 6.29 Å². The molecule has 1 aliphatic carbocycles. The van der Waals surface area contributed by atoms with Crippen molar-refractivity contribution in [3.8, 4) is 0 Å². The number of hydrogen-bond acceptors (Lipinski definition) is 1. The molecule has 1 aromatic rings. The Balaban J connectivity index is 2.30. The summed E-state index contributed by atoms with van der Waals surface area (Å²) in [5, 5.41) is 0. The first kappa shape index (κ1) is 9.20. The maximum absolute atomic E-state index is 10.6. The van der Waals surface area contributed by atoms with Crippen molar-refractivity contribution in [1.82, 2.24) is 0 Å². The number of allylic oxidation sites excluding steroid dienone is 2. The predicted octanol–water partition coefficient (Wildman–Crippen LogP) is 3.46. The highest BCUT2D eigenvalue weighted by atomic mass is 16.1. The van der Waals surface area contributed by atoms with Crippen molar-refractivity contribution in [1.29, 1.82) is 0 Å². The fourth-order valence-electron chi connectivity index (χ4n) is 1.91.